The standard InChI is InChI=1S/C20H30N2O2/c1-2-3-4-8-14-19(23)21-18-13-9-10-16(15-18)20(24)22-17-11-6-5-7-12-17/h9-10,13,15,17H,2-8,11-12,14H2,1H3,(H,21,23)(H,22,24). The molecule has 2 amide bonds. The van der Waals surface area contributed by atoms with Crippen molar-refractivity contribution in [2.75, 3.05) is 5.32 Å². The Morgan fingerprint density at radius 2 is 1.88 bits per heavy atom. The van der Waals surface area contributed by atoms with Gasteiger partial charge in [0, 0.05) is 23.7 Å². The molecule has 2 N–H and O–H groups in total. The van der Waals surface area contributed by atoms with E-state index in [2.05, 4.69) is 17.6 Å². The van der Waals surface area contributed by atoms with Gasteiger partial charge in [0.05, 0.1) is 0 Å². The van der Waals surface area contributed by atoms with E-state index in [1.54, 1.807) is 12.1 Å². The van der Waals surface area contributed by atoms with Crippen molar-refractivity contribution in [1.82, 2.24) is 5.32 Å². The lowest BCUT2D eigenvalue weighted by Crippen LogP contribution is -2.36. The first-order valence-electron chi connectivity index (χ1n) is 9.40. The molecule has 0 atom stereocenters. The van der Waals surface area contributed by atoms with Crippen molar-refractivity contribution in [1.29, 1.82) is 0 Å². The van der Waals surface area contributed by atoms with Crippen LogP contribution in [0.4, 0.5) is 5.69 Å². The number of carbonyl (C=O) groups is 2. The second-order valence-corrected chi connectivity index (χ2v) is 6.75. The summed E-state index contributed by atoms with van der Waals surface area (Å²) in [6.45, 7) is 2.16. The summed E-state index contributed by atoms with van der Waals surface area (Å²) in [7, 11) is 0. The average molecular weight is 330 g/mol. The van der Waals surface area contributed by atoms with E-state index in [9.17, 15) is 9.59 Å². The summed E-state index contributed by atoms with van der Waals surface area (Å²) >= 11 is 0. The molecule has 0 heterocycles. The van der Waals surface area contributed by atoms with Crippen LogP contribution in [-0.4, -0.2) is 17.9 Å². The van der Waals surface area contributed by atoms with E-state index in [-0.39, 0.29) is 11.8 Å². The van der Waals surface area contributed by atoms with Gasteiger partial charge < -0.3 is 10.6 Å². The molecule has 4 nitrogen and oxygen atoms in total. The highest BCUT2D eigenvalue weighted by molar-refractivity contribution is 5.97. The van der Waals surface area contributed by atoms with Crippen molar-refractivity contribution in [3.05, 3.63) is 29.8 Å². The van der Waals surface area contributed by atoms with Gasteiger partial charge in [-0.1, -0.05) is 51.5 Å². The molecule has 0 saturated heterocycles. The molecule has 0 spiro atoms. The van der Waals surface area contributed by atoms with Gasteiger partial charge in [-0.05, 0) is 37.5 Å². The fourth-order valence-electron chi connectivity index (χ4n) is 3.19. The number of nitrogens with one attached hydrogen (secondary N) is 2. The minimum Gasteiger partial charge on any atom is -0.349 e. The Hall–Kier alpha value is -1.84. The largest absolute Gasteiger partial charge is 0.349 e. The van der Waals surface area contributed by atoms with Crippen LogP contribution in [0.25, 0.3) is 0 Å². The predicted octanol–water partition coefficient (Wildman–Crippen LogP) is 4.66. The van der Waals surface area contributed by atoms with E-state index in [4.69, 9.17) is 0 Å². The van der Waals surface area contributed by atoms with Gasteiger partial charge in [0.25, 0.3) is 5.91 Å². The van der Waals surface area contributed by atoms with Crippen LogP contribution < -0.4 is 10.6 Å². The lowest BCUT2D eigenvalue weighted by Gasteiger charge is -2.22. The Bertz CT molecular complexity index is 536. The minimum atomic E-state index is -0.0408. The van der Waals surface area contributed by atoms with Crippen LogP contribution in [0.1, 0.15) is 81.5 Å². The smallest absolute Gasteiger partial charge is 0.251 e. The molecule has 0 aromatic heterocycles. The molecule has 1 fully saturated rings. The first kappa shape index (κ1) is 18.5. The van der Waals surface area contributed by atoms with Crippen LogP contribution in [0.3, 0.4) is 0 Å². The van der Waals surface area contributed by atoms with Crippen molar-refractivity contribution < 1.29 is 9.59 Å². The molecule has 132 valence electrons. The van der Waals surface area contributed by atoms with Crippen molar-refractivity contribution >= 4 is 17.5 Å². The van der Waals surface area contributed by atoms with Crippen molar-refractivity contribution in [3.63, 3.8) is 0 Å². The lowest BCUT2D eigenvalue weighted by molar-refractivity contribution is -0.116. The topological polar surface area (TPSA) is 58.2 Å². The summed E-state index contributed by atoms with van der Waals surface area (Å²) in [5.74, 6) is -0.0168. The number of benzene rings is 1. The Morgan fingerprint density at radius 1 is 1.08 bits per heavy atom. The van der Waals surface area contributed by atoms with Crippen LogP contribution in [-0.2, 0) is 4.79 Å². The highest BCUT2D eigenvalue weighted by Gasteiger charge is 2.16. The molecule has 24 heavy (non-hydrogen) atoms. The van der Waals surface area contributed by atoms with Crippen molar-refractivity contribution in [2.24, 2.45) is 0 Å². The van der Waals surface area contributed by atoms with Gasteiger partial charge in [-0.15, -0.1) is 0 Å². The van der Waals surface area contributed by atoms with E-state index in [1.807, 2.05) is 12.1 Å². The number of rotatable bonds is 8. The SMILES string of the molecule is CCCCCCC(=O)Nc1cccc(C(=O)NC2CCCCC2)c1. The van der Waals surface area contributed by atoms with E-state index in [0.717, 1.165) is 25.7 Å². The summed E-state index contributed by atoms with van der Waals surface area (Å²) in [6, 6.07) is 7.52. The molecule has 1 aliphatic rings. The van der Waals surface area contributed by atoms with Crippen LogP contribution >= 0.6 is 0 Å². The summed E-state index contributed by atoms with van der Waals surface area (Å²) in [6.07, 6.45) is 10.7. The Morgan fingerprint density at radius 3 is 2.62 bits per heavy atom. The number of hydrogen-bond acceptors (Lipinski definition) is 2. The van der Waals surface area contributed by atoms with E-state index in [0.29, 0.717) is 23.7 Å². The summed E-state index contributed by atoms with van der Waals surface area (Å²) in [4.78, 5) is 24.3. The molecule has 1 saturated carbocycles. The molecular formula is C20H30N2O2. The number of hydrogen-bond donors (Lipinski definition) is 2. The Balaban J connectivity index is 1.83. The van der Waals surface area contributed by atoms with Gasteiger partial charge in [-0.2, -0.15) is 0 Å². The first-order chi connectivity index (χ1) is 11.7. The van der Waals surface area contributed by atoms with E-state index < -0.39 is 0 Å². The maximum atomic E-state index is 12.4. The molecule has 2 rings (SSSR count). The monoisotopic (exact) mass is 330 g/mol. The second-order valence-electron chi connectivity index (χ2n) is 6.75. The van der Waals surface area contributed by atoms with Crippen LogP contribution in [0, 0.1) is 0 Å². The molecule has 0 bridgehead atoms. The first-order valence-corrected chi connectivity index (χ1v) is 9.40. The van der Waals surface area contributed by atoms with Crippen molar-refractivity contribution in [2.45, 2.75) is 77.2 Å². The fourth-order valence-corrected chi connectivity index (χ4v) is 3.19. The van der Waals surface area contributed by atoms with Gasteiger partial charge in [-0.3, -0.25) is 9.59 Å². The summed E-state index contributed by atoms with van der Waals surface area (Å²) in [5, 5.41) is 6.01. The highest BCUT2D eigenvalue weighted by Crippen LogP contribution is 2.18. The van der Waals surface area contributed by atoms with Crippen LogP contribution in [0.15, 0.2) is 24.3 Å². The third kappa shape index (κ3) is 6.34. The van der Waals surface area contributed by atoms with Gasteiger partial charge >= 0.3 is 0 Å². The van der Waals surface area contributed by atoms with E-state index >= 15 is 0 Å². The second kappa shape index (κ2) is 10.1. The zero-order chi connectivity index (χ0) is 17.2. The van der Waals surface area contributed by atoms with Crippen LogP contribution in [0.5, 0.6) is 0 Å². The maximum Gasteiger partial charge on any atom is 0.251 e. The number of carbonyl (C=O) groups excluding carboxylic acids is 2. The molecule has 0 unspecified atom stereocenters. The predicted molar refractivity (Wildman–Crippen MR) is 98.2 cm³/mol. The molecule has 1 aliphatic carbocycles. The third-order valence-corrected chi connectivity index (χ3v) is 4.61. The number of amides is 2. The van der Waals surface area contributed by atoms with Gasteiger partial charge in [-0.25, -0.2) is 0 Å². The van der Waals surface area contributed by atoms with Gasteiger partial charge in [0.15, 0.2) is 0 Å². The molecule has 0 aliphatic heterocycles. The fraction of sp³-hybridized carbons (Fsp3) is 0.600. The van der Waals surface area contributed by atoms with Crippen LogP contribution in [0.2, 0.25) is 0 Å². The van der Waals surface area contributed by atoms with Gasteiger partial charge in [0.1, 0.15) is 0 Å². The molecule has 1 aromatic rings. The maximum absolute atomic E-state index is 12.4. The molecular weight excluding hydrogens is 300 g/mol. The summed E-state index contributed by atoms with van der Waals surface area (Å²) < 4.78 is 0. The van der Waals surface area contributed by atoms with Crippen molar-refractivity contribution in [3.8, 4) is 0 Å². The van der Waals surface area contributed by atoms with Gasteiger partial charge in [0.2, 0.25) is 5.91 Å². The zero-order valence-electron chi connectivity index (χ0n) is 14.8. The Labute approximate surface area is 145 Å². The lowest BCUT2D eigenvalue weighted by atomic mass is 9.95. The number of unbranched alkanes of at least 4 members (excludes halogenated alkanes) is 3. The third-order valence-electron chi connectivity index (χ3n) is 4.61. The zero-order valence-corrected chi connectivity index (χ0v) is 14.8. The summed E-state index contributed by atoms with van der Waals surface area (Å²) in [5.41, 5.74) is 1.32. The Kier molecular flexibility index (Phi) is 7.80. The normalized spacial score (nSPS) is 15.0. The highest BCUT2D eigenvalue weighted by atomic mass is 16.2. The quantitative estimate of drug-likeness (QED) is 0.681. The molecule has 1 aromatic carbocycles. The average Bonchev–Trinajstić information content (AvgIpc) is 2.60. The molecule has 4 heteroatoms. The molecule has 0 radical (unpaired) electrons. The van der Waals surface area contributed by atoms with E-state index in [1.165, 1.54) is 32.1 Å². The number of anilines is 1. The minimum absolute atomic E-state index is 0.0240.